The second kappa shape index (κ2) is 6.70. The van der Waals surface area contributed by atoms with Crippen molar-refractivity contribution in [1.82, 2.24) is 15.5 Å². The van der Waals surface area contributed by atoms with Crippen LogP contribution < -0.4 is 5.32 Å². The smallest absolute Gasteiger partial charge is 0.246 e. The van der Waals surface area contributed by atoms with E-state index >= 15 is 0 Å². The van der Waals surface area contributed by atoms with Crippen molar-refractivity contribution in [2.45, 2.75) is 26.8 Å². The first-order valence-electron chi connectivity index (χ1n) is 6.74. The Bertz CT molecular complexity index is 583. The lowest BCUT2D eigenvalue weighted by Crippen LogP contribution is -2.23. The van der Waals surface area contributed by atoms with Gasteiger partial charge in [0.05, 0.1) is 5.69 Å². The maximum absolute atomic E-state index is 11.8. The monoisotopic (exact) mass is 269 g/mol. The van der Waals surface area contributed by atoms with Crippen LogP contribution in [-0.4, -0.2) is 16.1 Å². The van der Waals surface area contributed by atoms with Crippen molar-refractivity contribution in [2.75, 3.05) is 0 Å². The molecule has 0 unspecified atom stereocenters. The molecule has 1 amide bonds. The Balaban J connectivity index is 1.95. The third-order valence-corrected chi connectivity index (χ3v) is 3.09. The molecule has 0 fully saturated rings. The molecule has 0 saturated carbocycles. The van der Waals surface area contributed by atoms with Crippen molar-refractivity contribution in [3.8, 4) is 11.3 Å². The molecule has 2 aromatic rings. The molecule has 1 aromatic carbocycles. The predicted octanol–water partition coefficient (Wildman–Crippen LogP) is 3.05. The van der Waals surface area contributed by atoms with Crippen LogP contribution in [0.4, 0.5) is 0 Å². The van der Waals surface area contributed by atoms with E-state index in [4.69, 9.17) is 0 Å². The van der Waals surface area contributed by atoms with Crippen LogP contribution in [0.1, 0.15) is 25.8 Å². The highest BCUT2D eigenvalue weighted by molar-refractivity contribution is 5.92. The molecule has 104 valence electrons. The number of nitrogens with one attached hydrogen (secondary N) is 2. The van der Waals surface area contributed by atoms with Gasteiger partial charge in [0.1, 0.15) is 0 Å². The molecule has 0 aliphatic carbocycles. The summed E-state index contributed by atoms with van der Waals surface area (Å²) in [5, 5.41) is 9.76. The molecule has 0 saturated heterocycles. The Labute approximate surface area is 118 Å². The van der Waals surface area contributed by atoms with Gasteiger partial charge < -0.3 is 5.32 Å². The minimum Gasteiger partial charge on any atom is -0.348 e. The van der Waals surface area contributed by atoms with Crippen molar-refractivity contribution >= 4 is 5.91 Å². The molecule has 0 aliphatic heterocycles. The number of allylic oxidation sites excluding steroid dienone is 1. The fraction of sp³-hybridized carbons (Fsp3) is 0.250. The van der Waals surface area contributed by atoms with E-state index in [1.807, 2.05) is 50.3 Å². The molecule has 0 radical (unpaired) electrons. The van der Waals surface area contributed by atoms with Gasteiger partial charge in [0, 0.05) is 18.3 Å². The fourth-order valence-electron chi connectivity index (χ4n) is 1.94. The maximum Gasteiger partial charge on any atom is 0.246 e. The van der Waals surface area contributed by atoms with Crippen LogP contribution in [0.2, 0.25) is 0 Å². The standard InChI is InChI=1S/C16H19N3O/c1-3-4-12(2)16(20)17-11-13-5-7-14(8-6-13)15-9-10-18-19-15/h4-10H,3,11H2,1-2H3,(H,17,20)(H,18,19)/b12-4-. The highest BCUT2D eigenvalue weighted by Gasteiger charge is 2.03. The molecule has 0 aliphatic rings. The lowest BCUT2D eigenvalue weighted by atomic mass is 10.1. The third-order valence-electron chi connectivity index (χ3n) is 3.09. The Morgan fingerprint density at radius 3 is 2.65 bits per heavy atom. The minimum absolute atomic E-state index is 0.00973. The molecular weight excluding hydrogens is 250 g/mol. The zero-order valence-electron chi connectivity index (χ0n) is 11.8. The van der Waals surface area contributed by atoms with E-state index in [0.29, 0.717) is 6.54 Å². The van der Waals surface area contributed by atoms with Crippen LogP contribution in [0.25, 0.3) is 11.3 Å². The van der Waals surface area contributed by atoms with Gasteiger partial charge in [0.25, 0.3) is 0 Å². The molecule has 0 bridgehead atoms. The van der Waals surface area contributed by atoms with E-state index in [0.717, 1.165) is 28.8 Å². The molecule has 1 heterocycles. The Hall–Kier alpha value is -2.36. The van der Waals surface area contributed by atoms with E-state index in [2.05, 4.69) is 15.5 Å². The van der Waals surface area contributed by atoms with E-state index in [1.54, 1.807) is 6.20 Å². The number of H-pyrrole nitrogens is 1. The van der Waals surface area contributed by atoms with Gasteiger partial charge in [-0.05, 0) is 30.5 Å². The van der Waals surface area contributed by atoms with Crippen molar-refractivity contribution in [3.05, 3.63) is 53.7 Å². The van der Waals surface area contributed by atoms with Gasteiger partial charge in [-0.3, -0.25) is 9.89 Å². The number of hydrogen-bond donors (Lipinski definition) is 2. The summed E-state index contributed by atoms with van der Waals surface area (Å²) >= 11 is 0. The van der Waals surface area contributed by atoms with Gasteiger partial charge in [0.2, 0.25) is 5.91 Å². The highest BCUT2D eigenvalue weighted by Crippen LogP contribution is 2.16. The average molecular weight is 269 g/mol. The molecule has 20 heavy (non-hydrogen) atoms. The molecule has 4 heteroatoms. The molecule has 0 spiro atoms. The van der Waals surface area contributed by atoms with Crippen LogP contribution in [0.5, 0.6) is 0 Å². The third kappa shape index (κ3) is 3.57. The topological polar surface area (TPSA) is 57.8 Å². The first kappa shape index (κ1) is 14.1. The number of benzene rings is 1. The summed E-state index contributed by atoms with van der Waals surface area (Å²) in [5.74, 6) is -0.00973. The van der Waals surface area contributed by atoms with Gasteiger partial charge >= 0.3 is 0 Å². The van der Waals surface area contributed by atoms with Gasteiger partial charge in [-0.25, -0.2) is 0 Å². The van der Waals surface area contributed by atoms with Crippen LogP contribution in [0.15, 0.2) is 48.2 Å². The Morgan fingerprint density at radius 1 is 1.30 bits per heavy atom. The Morgan fingerprint density at radius 2 is 2.05 bits per heavy atom. The number of nitrogens with zero attached hydrogens (tertiary/aromatic N) is 1. The summed E-state index contributed by atoms with van der Waals surface area (Å²) in [4.78, 5) is 11.8. The number of aromatic amines is 1. The number of aromatic nitrogens is 2. The van der Waals surface area contributed by atoms with E-state index in [9.17, 15) is 4.79 Å². The second-order valence-corrected chi connectivity index (χ2v) is 4.65. The van der Waals surface area contributed by atoms with Crippen LogP contribution in [0, 0.1) is 0 Å². The van der Waals surface area contributed by atoms with Crippen molar-refractivity contribution in [2.24, 2.45) is 0 Å². The number of carbonyl (C=O) groups is 1. The summed E-state index contributed by atoms with van der Waals surface area (Å²) in [5.41, 5.74) is 3.91. The predicted molar refractivity (Wildman–Crippen MR) is 79.9 cm³/mol. The van der Waals surface area contributed by atoms with Crippen LogP contribution in [-0.2, 0) is 11.3 Å². The SMILES string of the molecule is CC/C=C(/C)C(=O)NCc1ccc(-c2ccn[nH]2)cc1. The van der Waals surface area contributed by atoms with E-state index < -0.39 is 0 Å². The Kier molecular flexibility index (Phi) is 4.71. The second-order valence-electron chi connectivity index (χ2n) is 4.65. The van der Waals surface area contributed by atoms with E-state index in [1.165, 1.54) is 0 Å². The average Bonchev–Trinajstić information content (AvgIpc) is 2.99. The normalized spacial score (nSPS) is 11.4. The summed E-state index contributed by atoms with van der Waals surface area (Å²) in [6, 6.07) is 9.98. The summed E-state index contributed by atoms with van der Waals surface area (Å²) in [6.07, 6.45) is 4.53. The molecule has 4 nitrogen and oxygen atoms in total. The van der Waals surface area contributed by atoms with Gasteiger partial charge in [-0.15, -0.1) is 0 Å². The lowest BCUT2D eigenvalue weighted by Gasteiger charge is -2.06. The van der Waals surface area contributed by atoms with Crippen LogP contribution >= 0.6 is 0 Å². The number of carbonyl (C=O) groups excluding carboxylic acids is 1. The first-order chi connectivity index (χ1) is 9.70. The van der Waals surface area contributed by atoms with Crippen molar-refractivity contribution < 1.29 is 4.79 Å². The van der Waals surface area contributed by atoms with Crippen LogP contribution in [0.3, 0.4) is 0 Å². The minimum atomic E-state index is -0.00973. The van der Waals surface area contributed by atoms with Gasteiger partial charge in [-0.1, -0.05) is 37.3 Å². The lowest BCUT2D eigenvalue weighted by molar-refractivity contribution is -0.117. The summed E-state index contributed by atoms with van der Waals surface area (Å²) < 4.78 is 0. The number of hydrogen-bond acceptors (Lipinski definition) is 2. The number of rotatable bonds is 5. The van der Waals surface area contributed by atoms with Gasteiger partial charge in [0.15, 0.2) is 0 Å². The molecular formula is C16H19N3O. The first-order valence-corrected chi connectivity index (χ1v) is 6.74. The van der Waals surface area contributed by atoms with Gasteiger partial charge in [-0.2, -0.15) is 5.10 Å². The van der Waals surface area contributed by atoms with E-state index in [-0.39, 0.29) is 5.91 Å². The largest absolute Gasteiger partial charge is 0.348 e. The molecule has 1 aromatic heterocycles. The molecule has 0 atom stereocenters. The van der Waals surface area contributed by atoms with Crippen molar-refractivity contribution in [3.63, 3.8) is 0 Å². The number of amides is 1. The quantitative estimate of drug-likeness (QED) is 0.820. The fourth-order valence-corrected chi connectivity index (χ4v) is 1.94. The maximum atomic E-state index is 11.8. The highest BCUT2D eigenvalue weighted by atomic mass is 16.1. The zero-order chi connectivity index (χ0) is 14.4. The summed E-state index contributed by atoms with van der Waals surface area (Å²) in [7, 11) is 0. The zero-order valence-corrected chi connectivity index (χ0v) is 11.8. The molecule has 2 rings (SSSR count). The summed E-state index contributed by atoms with van der Waals surface area (Å²) in [6.45, 7) is 4.39. The molecule has 2 N–H and O–H groups in total. The van der Waals surface area contributed by atoms with Crippen molar-refractivity contribution in [1.29, 1.82) is 0 Å².